The Morgan fingerprint density at radius 2 is 2.00 bits per heavy atom. The van der Waals surface area contributed by atoms with E-state index in [1.807, 2.05) is 30.3 Å². The van der Waals surface area contributed by atoms with Gasteiger partial charge in [-0.25, -0.2) is 9.97 Å². The average Bonchev–Trinajstić information content (AvgIpc) is 2.30. The molecule has 1 aromatic heterocycles. The van der Waals surface area contributed by atoms with Gasteiger partial charge < -0.3 is 0 Å². The summed E-state index contributed by atoms with van der Waals surface area (Å²) in [5, 5.41) is 8.73. The molecule has 0 fully saturated rings. The molecule has 2 rings (SSSR count). The molecular weight excluding hydrogens is 254 g/mol. The first kappa shape index (κ1) is 9.81. The first-order valence-electron chi connectivity index (χ1n) is 4.28. The summed E-state index contributed by atoms with van der Waals surface area (Å²) >= 11 is 3.44. The first-order chi connectivity index (χ1) is 7.31. The van der Waals surface area contributed by atoms with Gasteiger partial charge >= 0.3 is 0 Å². The Bertz CT molecular complexity index is 531. The highest BCUT2D eigenvalue weighted by atomic mass is 79.9. The Morgan fingerprint density at radius 3 is 2.73 bits per heavy atom. The smallest absolute Gasteiger partial charge is 0.144 e. The molecule has 0 bridgehead atoms. The van der Waals surface area contributed by atoms with Gasteiger partial charge in [-0.05, 0) is 6.07 Å². The zero-order valence-corrected chi connectivity index (χ0v) is 9.27. The summed E-state index contributed by atoms with van der Waals surface area (Å²) in [4.78, 5) is 7.95. The van der Waals surface area contributed by atoms with Crippen LogP contribution in [0.3, 0.4) is 0 Å². The van der Waals surface area contributed by atoms with Crippen LogP contribution in [0.2, 0.25) is 0 Å². The predicted octanol–water partition coefficient (Wildman–Crippen LogP) is 2.78. The van der Waals surface area contributed by atoms with E-state index in [1.54, 1.807) is 6.07 Å². The van der Waals surface area contributed by atoms with Crippen molar-refractivity contribution in [2.24, 2.45) is 0 Å². The van der Waals surface area contributed by atoms with Crippen LogP contribution in [-0.2, 0) is 0 Å². The van der Waals surface area contributed by atoms with E-state index in [1.165, 1.54) is 6.33 Å². The fraction of sp³-hybridized carbons (Fsp3) is 0. The monoisotopic (exact) mass is 259 g/mol. The van der Waals surface area contributed by atoms with Crippen molar-refractivity contribution in [3.63, 3.8) is 0 Å². The third kappa shape index (κ3) is 2.03. The number of halogens is 1. The van der Waals surface area contributed by atoms with Crippen LogP contribution in [0.5, 0.6) is 0 Å². The third-order valence-electron chi connectivity index (χ3n) is 1.93. The van der Waals surface area contributed by atoms with E-state index in [2.05, 4.69) is 25.9 Å². The van der Waals surface area contributed by atoms with Gasteiger partial charge in [0.2, 0.25) is 0 Å². The summed E-state index contributed by atoms with van der Waals surface area (Å²) in [6.07, 6.45) is 1.40. The van der Waals surface area contributed by atoms with Crippen molar-refractivity contribution in [1.82, 2.24) is 9.97 Å². The Hall–Kier alpha value is -1.73. The van der Waals surface area contributed by atoms with E-state index >= 15 is 0 Å². The molecule has 15 heavy (non-hydrogen) atoms. The molecule has 72 valence electrons. The van der Waals surface area contributed by atoms with Crippen molar-refractivity contribution in [3.05, 3.63) is 46.8 Å². The Labute approximate surface area is 95.6 Å². The summed E-state index contributed by atoms with van der Waals surface area (Å²) in [5.74, 6) is 0. The molecule has 3 nitrogen and oxygen atoms in total. The van der Waals surface area contributed by atoms with E-state index < -0.39 is 0 Å². The molecule has 0 radical (unpaired) electrons. The van der Waals surface area contributed by atoms with Gasteiger partial charge in [0, 0.05) is 16.1 Å². The molecule has 0 aliphatic carbocycles. The molecule has 0 N–H and O–H groups in total. The van der Waals surface area contributed by atoms with E-state index in [9.17, 15) is 0 Å². The molecule has 1 aromatic carbocycles. The Balaban J connectivity index is 2.55. The van der Waals surface area contributed by atoms with Crippen molar-refractivity contribution in [1.29, 1.82) is 5.26 Å². The lowest BCUT2D eigenvalue weighted by Gasteiger charge is -2.02. The van der Waals surface area contributed by atoms with Crippen LogP contribution in [0.25, 0.3) is 11.3 Å². The zero-order chi connectivity index (χ0) is 10.7. The fourth-order valence-corrected chi connectivity index (χ4v) is 1.72. The molecule has 0 amide bonds. The highest BCUT2D eigenvalue weighted by molar-refractivity contribution is 9.10. The maximum atomic E-state index is 8.73. The topological polar surface area (TPSA) is 49.6 Å². The number of hydrogen-bond donors (Lipinski definition) is 0. The third-order valence-corrected chi connectivity index (χ3v) is 2.62. The summed E-state index contributed by atoms with van der Waals surface area (Å²) < 4.78 is 0.951. The van der Waals surface area contributed by atoms with Crippen LogP contribution in [0.15, 0.2) is 41.1 Å². The molecule has 0 saturated carbocycles. The van der Waals surface area contributed by atoms with Crippen LogP contribution in [0.1, 0.15) is 5.69 Å². The maximum absolute atomic E-state index is 8.73. The van der Waals surface area contributed by atoms with E-state index in [0.29, 0.717) is 5.69 Å². The van der Waals surface area contributed by atoms with Crippen molar-refractivity contribution < 1.29 is 0 Å². The van der Waals surface area contributed by atoms with Gasteiger partial charge in [0.05, 0.1) is 5.69 Å². The molecule has 0 unspecified atom stereocenters. The fourth-order valence-electron chi connectivity index (χ4n) is 1.23. The highest BCUT2D eigenvalue weighted by Gasteiger charge is 2.04. The number of aromatic nitrogens is 2. The number of rotatable bonds is 1. The van der Waals surface area contributed by atoms with Gasteiger partial charge in [-0.2, -0.15) is 5.26 Å². The lowest BCUT2D eigenvalue weighted by molar-refractivity contribution is 1.14. The normalized spacial score (nSPS) is 9.60. The van der Waals surface area contributed by atoms with Gasteiger partial charge in [0.25, 0.3) is 0 Å². The quantitative estimate of drug-likeness (QED) is 0.792. The van der Waals surface area contributed by atoms with Crippen molar-refractivity contribution in [2.75, 3.05) is 0 Å². The lowest BCUT2D eigenvalue weighted by Crippen LogP contribution is -1.89. The van der Waals surface area contributed by atoms with E-state index in [-0.39, 0.29) is 0 Å². The van der Waals surface area contributed by atoms with Crippen LogP contribution < -0.4 is 0 Å². The minimum atomic E-state index is 0.371. The molecule has 0 spiro atoms. The molecule has 0 saturated heterocycles. The zero-order valence-electron chi connectivity index (χ0n) is 7.68. The van der Waals surface area contributed by atoms with Crippen molar-refractivity contribution >= 4 is 15.9 Å². The maximum Gasteiger partial charge on any atom is 0.144 e. The van der Waals surface area contributed by atoms with Gasteiger partial charge in [0.1, 0.15) is 18.1 Å². The molecule has 0 aliphatic rings. The Kier molecular flexibility index (Phi) is 2.75. The number of nitrogens with zero attached hydrogens (tertiary/aromatic N) is 3. The average molecular weight is 260 g/mol. The number of nitriles is 1. The Morgan fingerprint density at radius 1 is 1.20 bits per heavy atom. The van der Waals surface area contributed by atoms with Crippen LogP contribution in [0, 0.1) is 11.3 Å². The van der Waals surface area contributed by atoms with Gasteiger partial charge in [-0.1, -0.05) is 34.1 Å². The highest BCUT2D eigenvalue weighted by Crippen LogP contribution is 2.25. The first-order valence-corrected chi connectivity index (χ1v) is 5.07. The molecule has 0 aliphatic heterocycles. The summed E-state index contributed by atoms with van der Waals surface area (Å²) in [5.41, 5.74) is 2.07. The van der Waals surface area contributed by atoms with Gasteiger partial charge in [0.15, 0.2) is 0 Å². The molecule has 2 aromatic rings. The van der Waals surface area contributed by atoms with Crippen LogP contribution in [0.4, 0.5) is 0 Å². The molecule has 1 heterocycles. The number of benzene rings is 1. The van der Waals surface area contributed by atoms with Crippen molar-refractivity contribution in [3.8, 4) is 17.3 Å². The standard InChI is InChI=1S/C11H6BrN3/c12-10-4-2-1-3-9(10)11-5-8(6-13)14-7-15-11/h1-5,7H. The summed E-state index contributed by atoms with van der Waals surface area (Å²) in [7, 11) is 0. The van der Waals surface area contributed by atoms with Crippen LogP contribution in [-0.4, -0.2) is 9.97 Å². The summed E-state index contributed by atoms with van der Waals surface area (Å²) in [6, 6.07) is 11.4. The minimum Gasteiger partial charge on any atom is -0.236 e. The van der Waals surface area contributed by atoms with Gasteiger partial charge in [-0.3, -0.25) is 0 Å². The van der Waals surface area contributed by atoms with Gasteiger partial charge in [-0.15, -0.1) is 0 Å². The second-order valence-electron chi connectivity index (χ2n) is 2.88. The SMILES string of the molecule is N#Cc1cc(-c2ccccc2Br)ncn1. The minimum absolute atomic E-state index is 0.371. The van der Waals surface area contributed by atoms with E-state index in [0.717, 1.165) is 15.7 Å². The second kappa shape index (κ2) is 4.20. The molecule has 4 heteroatoms. The predicted molar refractivity (Wildman–Crippen MR) is 59.9 cm³/mol. The molecule has 0 atom stereocenters. The lowest BCUT2D eigenvalue weighted by atomic mass is 10.1. The van der Waals surface area contributed by atoms with Crippen molar-refractivity contribution in [2.45, 2.75) is 0 Å². The molecular formula is C11H6BrN3. The largest absolute Gasteiger partial charge is 0.236 e. The van der Waals surface area contributed by atoms with E-state index in [4.69, 9.17) is 5.26 Å². The summed E-state index contributed by atoms with van der Waals surface area (Å²) in [6.45, 7) is 0. The second-order valence-corrected chi connectivity index (χ2v) is 3.73. The van der Waals surface area contributed by atoms with Crippen LogP contribution >= 0.6 is 15.9 Å². The number of hydrogen-bond acceptors (Lipinski definition) is 3.